The van der Waals surface area contributed by atoms with Gasteiger partial charge in [0.2, 0.25) is 0 Å². The van der Waals surface area contributed by atoms with E-state index >= 15 is 0 Å². The molecule has 0 amide bonds. The molecule has 3 aliphatic rings. The van der Waals surface area contributed by atoms with Gasteiger partial charge >= 0.3 is 17.9 Å². The molecule has 1 aromatic carbocycles. The number of benzene rings is 1. The number of fused-ring (bicyclic) bond motifs is 3. The number of ether oxygens (including phenoxy) is 3. The maximum atomic E-state index is 14.2. The largest absolute Gasteiger partial charge is 0.459 e. The summed E-state index contributed by atoms with van der Waals surface area (Å²) in [5.74, 6) is -5.48. The molecule has 3 aliphatic carbocycles. The highest BCUT2D eigenvalue weighted by atomic mass is 16.6. The Labute approximate surface area is 240 Å². The molecule has 0 bridgehead atoms. The summed E-state index contributed by atoms with van der Waals surface area (Å²) in [5.41, 5.74) is -5.69. The summed E-state index contributed by atoms with van der Waals surface area (Å²) < 4.78 is 17.6. The van der Waals surface area contributed by atoms with Crippen molar-refractivity contribution in [3.8, 4) is 0 Å². The Bertz CT molecular complexity index is 1290. The van der Waals surface area contributed by atoms with Crippen LogP contribution in [0.5, 0.6) is 0 Å². The van der Waals surface area contributed by atoms with E-state index in [2.05, 4.69) is 6.58 Å². The van der Waals surface area contributed by atoms with E-state index in [1.807, 2.05) is 20.8 Å². The highest BCUT2D eigenvalue weighted by Crippen LogP contribution is 2.67. The zero-order valence-electron chi connectivity index (χ0n) is 24.8. The SMILES string of the molecule is C=C[C@@]1(C)CC(=O)C2[C@]3(C)C(C[C@@H](OC(C)=O)[C@@]2(O)C1=O)C(C)(C)[C@H](C)[C@H](OC(C)=O)[C@@H]3OC(=O)c1ccccc1. The van der Waals surface area contributed by atoms with Crippen LogP contribution < -0.4 is 0 Å². The minimum Gasteiger partial charge on any atom is -0.459 e. The summed E-state index contributed by atoms with van der Waals surface area (Å²) in [4.78, 5) is 66.6. The Morgan fingerprint density at radius 3 is 2.10 bits per heavy atom. The molecule has 2 unspecified atom stereocenters. The standard InChI is InChI=1S/C32H40O9/c1-9-30(7)16-21(35)25-31(8)22(15-23(39-18(3)33)32(25,38)28(30)37)29(5,6)17(2)24(40-19(4)34)26(31)41-27(36)20-13-11-10-12-14-20/h9-14,17,22-26,38H,1,15-16H2,2-8H3/t17-,22?,23-,24+,25?,26+,30+,31+,32+/m1/s1. The van der Waals surface area contributed by atoms with Crippen LogP contribution in [-0.2, 0) is 33.4 Å². The first-order valence-electron chi connectivity index (χ1n) is 14.0. The Kier molecular flexibility index (Phi) is 7.61. The zero-order valence-corrected chi connectivity index (χ0v) is 24.8. The van der Waals surface area contributed by atoms with Crippen LogP contribution >= 0.6 is 0 Å². The third-order valence-corrected chi connectivity index (χ3v) is 10.3. The Hall–Kier alpha value is -3.33. The molecule has 9 heteroatoms. The van der Waals surface area contributed by atoms with Crippen molar-refractivity contribution < 1.29 is 43.3 Å². The summed E-state index contributed by atoms with van der Waals surface area (Å²) in [6.07, 6.45) is -2.44. The van der Waals surface area contributed by atoms with Gasteiger partial charge in [0, 0.05) is 31.6 Å². The second-order valence-electron chi connectivity index (χ2n) is 13.0. The van der Waals surface area contributed by atoms with Gasteiger partial charge in [0.15, 0.2) is 11.4 Å². The number of hydrogen-bond donors (Lipinski definition) is 1. The predicted octanol–water partition coefficient (Wildman–Crippen LogP) is 3.86. The second kappa shape index (κ2) is 10.2. The van der Waals surface area contributed by atoms with Crippen molar-refractivity contribution in [3.63, 3.8) is 0 Å². The molecule has 41 heavy (non-hydrogen) atoms. The van der Waals surface area contributed by atoms with E-state index in [0.29, 0.717) is 0 Å². The smallest absolute Gasteiger partial charge is 0.338 e. The second-order valence-corrected chi connectivity index (χ2v) is 13.0. The predicted molar refractivity (Wildman–Crippen MR) is 147 cm³/mol. The third kappa shape index (κ3) is 4.53. The lowest BCUT2D eigenvalue weighted by Gasteiger charge is -2.68. The number of aliphatic hydroxyl groups is 1. The van der Waals surface area contributed by atoms with Gasteiger partial charge in [0.05, 0.1) is 16.9 Å². The lowest BCUT2D eigenvalue weighted by molar-refractivity contribution is -0.282. The maximum Gasteiger partial charge on any atom is 0.338 e. The topological polar surface area (TPSA) is 133 Å². The summed E-state index contributed by atoms with van der Waals surface area (Å²) in [6, 6.07) is 8.27. The summed E-state index contributed by atoms with van der Waals surface area (Å²) in [5, 5.41) is 12.4. The van der Waals surface area contributed by atoms with Gasteiger partial charge in [-0.1, -0.05) is 52.0 Å². The van der Waals surface area contributed by atoms with Gasteiger partial charge in [0.1, 0.15) is 24.1 Å². The van der Waals surface area contributed by atoms with E-state index in [1.165, 1.54) is 26.8 Å². The average Bonchev–Trinajstić information content (AvgIpc) is 2.89. The summed E-state index contributed by atoms with van der Waals surface area (Å²) in [6.45, 7) is 15.2. The van der Waals surface area contributed by atoms with Crippen LogP contribution in [0, 0.1) is 34.0 Å². The molecular weight excluding hydrogens is 528 g/mol. The molecule has 4 rings (SSSR count). The fourth-order valence-electron chi connectivity index (χ4n) is 8.02. The number of carbonyl (C=O) groups excluding carboxylic acids is 5. The summed E-state index contributed by atoms with van der Waals surface area (Å²) >= 11 is 0. The molecular formula is C32H40O9. The van der Waals surface area contributed by atoms with Crippen LogP contribution in [0.4, 0.5) is 0 Å². The monoisotopic (exact) mass is 568 g/mol. The molecule has 1 aromatic rings. The van der Waals surface area contributed by atoms with Gasteiger partial charge in [-0.2, -0.15) is 0 Å². The molecule has 9 nitrogen and oxygen atoms in total. The van der Waals surface area contributed by atoms with E-state index in [1.54, 1.807) is 37.3 Å². The Balaban J connectivity index is 1.99. The van der Waals surface area contributed by atoms with Crippen molar-refractivity contribution in [3.05, 3.63) is 48.6 Å². The van der Waals surface area contributed by atoms with Gasteiger partial charge in [-0.15, -0.1) is 6.58 Å². The normalized spacial score (nSPS) is 39.5. The van der Waals surface area contributed by atoms with Gasteiger partial charge < -0.3 is 19.3 Å². The molecule has 0 radical (unpaired) electrons. The Morgan fingerprint density at radius 2 is 1.56 bits per heavy atom. The third-order valence-electron chi connectivity index (χ3n) is 10.3. The molecule has 0 heterocycles. The highest BCUT2D eigenvalue weighted by Gasteiger charge is 2.77. The van der Waals surface area contributed by atoms with Crippen LogP contribution in [0.15, 0.2) is 43.0 Å². The molecule has 0 aromatic heterocycles. The van der Waals surface area contributed by atoms with Crippen molar-refractivity contribution in [1.29, 1.82) is 0 Å². The minimum atomic E-state index is -2.44. The summed E-state index contributed by atoms with van der Waals surface area (Å²) in [7, 11) is 0. The molecule has 222 valence electrons. The number of hydrogen-bond acceptors (Lipinski definition) is 9. The molecule has 3 fully saturated rings. The van der Waals surface area contributed by atoms with Crippen LogP contribution in [0.25, 0.3) is 0 Å². The first kappa shape index (κ1) is 30.6. The van der Waals surface area contributed by atoms with Crippen molar-refractivity contribution in [2.45, 2.75) is 85.2 Å². The first-order chi connectivity index (χ1) is 19.0. The Morgan fingerprint density at radius 1 is 0.976 bits per heavy atom. The zero-order chi connectivity index (χ0) is 30.7. The van der Waals surface area contributed by atoms with Crippen LogP contribution in [-0.4, -0.2) is 58.5 Å². The average molecular weight is 569 g/mol. The van der Waals surface area contributed by atoms with E-state index < -0.39 is 87.4 Å². The molecule has 1 N–H and O–H groups in total. The van der Waals surface area contributed by atoms with Crippen molar-refractivity contribution >= 4 is 29.5 Å². The van der Waals surface area contributed by atoms with Gasteiger partial charge in [-0.05, 0) is 36.8 Å². The van der Waals surface area contributed by atoms with Crippen molar-refractivity contribution in [2.24, 2.45) is 34.0 Å². The van der Waals surface area contributed by atoms with Gasteiger partial charge in [-0.3, -0.25) is 19.2 Å². The van der Waals surface area contributed by atoms with Crippen molar-refractivity contribution in [2.75, 3.05) is 0 Å². The van der Waals surface area contributed by atoms with Gasteiger partial charge in [-0.25, -0.2) is 4.79 Å². The molecule has 0 aliphatic heterocycles. The lowest BCUT2D eigenvalue weighted by Crippen LogP contribution is -2.79. The fourth-order valence-corrected chi connectivity index (χ4v) is 8.02. The minimum absolute atomic E-state index is 0.0127. The van der Waals surface area contributed by atoms with Crippen LogP contribution in [0.3, 0.4) is 0 Å². The fraction of sp³-hybridized carbons (Fsp3) is 0.594. The highest BCUT2D eigenvalue weighted by molar-refractivity contribution is 6.06. The van der Waals surface area contributed by atoms with Crippen molar-refractivity contribution in [1.82, 2.24) is 0 Å². The van der Waals surface area contributed by atoms with E-state index in [-0.39, 0.29) is 18.4 Å². The molecule has 0 saturated heterocycles. The number of ketones is 2. The lowest BCUT2D eigenvalue weighted by atomic mass is 9.38. The number of carbonyl (C=O) groups is 5. The first-order valence-corrected chi connectivity index (χ1v) is 14.0. The maximum absolute atomic E-state index is 14.2. The van der Waals surface area contributed by atoms with E-state index in [0.717, 1.165) is 0 Å². The molecule has 9 atom stereocenters. The quantitative estimate of drug-likeness (QED) is 0.319. The molecule has 0 spiro atoms. The number of allylic oxidation sites excluding steroid dienone is 1. The number of Topliss-reactive ketones (excluding diaryl/α,β-unsaturated/α-hetero) is 2. The van der Waals surface area contributed by atoms with Crippen LogP contribution in [0.2, 0.25) is 0 Å². The molecule has 3 saturated carbocycles. The van der Waals surface area contributed by atoms with E-state index in [4.69, 9.17) is 14.2 Å². The van der Waals surface area contributed by atoms with Crippen LogP contribution in [0.1, 0.15) is 71.7 Å². The number of rotatable bonds is 5. The van der Waals surface area contributed by atoms with E-state index in [9.17, 15) is 29.1 Å². The number of esters is 3. The van der Waals surface area contributed by atoms with Gasteiger partial charge in [0.25, 0.3) is 0 Å².